The largest absolute Gasteiger partial charge is 0.344 e. The van der Waals surface area contributed by atoms with Gasteiger partial charge in [-0.3, -0.25) is 14.7 Å². The van der Waals surface area contributed by atoms with Crippen molar-refractivity contribution in [3.8, 4) is 0 Å². The van der Waals surface area contributed by atoms with Crippen molar-refractivity contribution in [2.75, 3.05) is 5.32 Å². The fourth-order valence-corrected chi connectivity index (χ4v) is 3.16. The number of carbonyl (C=O) groups is 2. The fourth-order valence-electron chi connectivity index (χ4n) is 3.16. The van der Waals surface area contributed by atoms with Gasteiger partial charge in [-0.25, -0.2) is 0 Å². The summed E-state index contributed by atoms with van der Waals surface area (Å²) in [5.41, 5.74) is 4.20. The van der Waals surface area contributed by atoms with Crippen molar-refractivity contribution >= 4 is 28.4 Å². The van der Waals surface area contributed by atoms with Crippen LogP contribution < -0.4 is 10.6 Å². The van der Waals surface area contributed by atoms with Gasteiger partial charge >= 0.3 is 0 Å². The Morgan fingerprint density at radius 3 is 2.92 bits per heavy atom. The Labute approximate surface area is 144 Å². The molecule has 0 fully saturated rings. The second kappa shape index (κ2) is 6.05. The van der Waals surface area contributed by atoms with Crippen LogP contribution in [-0.4, -0.2) is 22.0 Å². The minimum absolute atomic E-state index is 0.0482. The van der Waals surface area contributed by atoms with Crippen molar-refractivity contribution in [2.45, 2.75) is 25.8 Å². The number of para-hydroxylation sites is 1. The molecule has 6 heteroatoms. The maximum Gasteiger partial charge on any atom is 0.272 e. The average Bonchev–Trinajstić information content (AvgIpc) is 3.05. The number of benzene rings is 2. The molecule has 0 aliphatic carbocycles. The Balaban J connectivity index is 1.54. The number of aromatic amines is 1. The molecule has 0 unspecified atom stereocenters. The molecule has 0 saturated heterocycles. The molecule has 1 aliphatic heterocycles. The van der Waals surface area contributed by atoms with Gasteiger partial charge in [0.2, 0.25) is 5.91 Å². The predicted molar refractivity (Wildman–Crippen MR) is 95.4 cm³/mol. The number of nitrogens with one attached hydrogen (secondary N) is 3. The van der Waals surface area contributed by atoms with E-state index in [1.165, 1.54) is 0 Å². The smallest absolute Gasteiger partial charge is 0.272 e. The van der Waals surface area contributed by atoms with E-state index >= 15 is 0 Å². The lowest BCUT2D eigenvalue weighted by molar-refractivity contribution is -0.116. The summed E-state index contributed by atoms with van der Waals surface area (Å²) in [6, 6.07) is 13.3. The van der Waals surface area contributed by atoms with Gasteiger partial charge in [-0.1, -0.05) is 30.3 Å². The molecule has 3 N–H and O–H groups in total. The molecule has 2 heterocycles. The molecule has 1 aromatic heterocycles. The second-order valence-electron chi connectivity index (χ2n) is 6.28. The summed E-state index contributed by atoms with van der Waals surface area (Å²) < 4.78 is 0. The Bertz CT molecular complexity index is 976. The first-order valence-electron chi connectivity index (χ1n) is 8.28. The molecular weight excluding hydrogens is 316 g/mol. The highest BCUT2D eigenvalue weighted by atomic mass is 16.2. The van der Waals surface area contributed by atoms with Crippen LogP contribution in [0.1, 0.15) is 41.0 Å². The molecule has 0 radical (unpaired) electrons. The first-order valence-corrected chi connectivity index (χ1v) is 8.28. The standard InChI is InChI=1S/C19H18N4O2/c1-11(12-6-8-15-13(10-12)7-9-17(24)21-15)20-19(25)18-14-4-2-3-5-16(14)22-23-18/h2-6,8,10-11H,7,9H2,1H3,(H,20,25)(H,21,24)(H,22,23)/t11-/m0/s1. The van der Waals surface area contributed by atoms with Gasteiger partial charge < -0.3 is 10.6 Å². The third kappa shape index (κ3) is 2.87. The summed E-state index contributed by atoms with van der Waals surface area (Å²) in [5.74, 6) is -0.164. The van der Waals surface area contributed by atoms with Crippen LogP contribution in [-0.2, 0) is 11.2 Å². The van der Waals surface area contributed by atoms with E-state index in [0.29, 0.717) is 12.1 Å². The molecule has 1 atom stereocenters. The number of aromatic nitrogens is 2. The van der Waals surface area contributed by atoms with Crippen LogP contribution in [0, 0.1) is 0 Å². The summed E-state index contributed by atoms with van der Waals surface area (Å²) in [6.45, 7) is 1.94. The van der Waals surface area contributed by atoms with Crippen molar-refractivity contribution in [1.29, 1.82) is 0 Å². The van der Waals surface area contributed by atoms with E-state index in [-0.39, 0.29) is 17.9 Å². The van der Waals surface area contributed by atoms with E-state index in [9.17, 15) is 9.59 Å². The highest BCUT2D eigenvalue weighted by molar-refractivity contribution is 6.04. The van der Waals surface area contributed by atoms with Crippen molar-refractivity contribution in [3.05, 3.63) is 59.3 Å². The van der Waals surface area contributed by atoms with Gasteiger partial charge in [0.25, 0.3) is 5.91 Å². The Morgan fingerprint density at radius 1 is 1.20 bits per heavy atom. The molecule has 6 nitrogen and oxygen atoms in total. The zero-order valence-electron chi connectivity index (χ0n) is 13.8. The van der Waals surface area contributed by atoms with E-state index in [1.807, 2.05) is 49.4 Å². The van der Waals surface area contributed by atoms with E-state index in [4.69, 9.17) is 0 Å². The van der Waals surface area contributed by atoms with Gasteiger partial charge in [0.1, 0.15) is 0 Å². The molecule has 126 valence electrons. The summed E-state index contributed by atoms with van der Waals surface area (Å²) in [7, 11) is 0. The number of carbonyl (C=O) groups excluding carboxylic acids is 2. The molecule has 0 saturated carbocycles. The minimum atomic E-state index is -0.212. The minimum Gasteiger partial charge on any atom is -0.344 e. The summed E-state index contributed by atoms with van der Waals surface area (Å²) >= 11 is 0. The van der Waals surface area contributed by atoms with Gasteiger partial charge in [0.05, 0.1) is 11.6 Å². The number of anilines is 1. The van der Waals surface area contributed by atoms with Gasteiger partial charge in [-0.15, -0.1) is 0 Å². The van der Waals surface area contributed by atoms with E-state index < -0.39 is 0 Å². The molecular formula is C19H18N4O2. The van der Waals surface area contributed by atoms with Crippen LogP contribution >= 0.6 is 0 Å². The zero-order chi connectivity index (χ0) is 17.4. The molecule has 3 aromatic rings. The third-order valence-electron chi connectivity index (χ3n) is 4.56. The highest BCUT2D eigenvalue weighted by Gasteiger charge is 2.19. The first-order chi connectivity index (χ1) is 12.1. The number of nitrogens with zero attached hydrogens (tertiary/aromatic N) is 1. The SMILES string of the molecule is C[C@H](NC(=O)c1n[nH]c2ccccc12)c1ccc2c(c1)CCC(=O)N2. The van der Waals surface area contributed by atoms with Crippen LogP contribution in [0.15, 0.2) is 42.5 Å². The number of rotatable bonds is 3. The van der Waals surface area contributed by atoms with Crippen LogP contribution in [0.25, 0.3) is 10.9 Å². The first kappa shape index (κ1) is 15.4. The average molecular weight is 334 g/mol. The van der Waals surface area contributed by atoms with Crippen molar-refractivity contribution < 1.29 is 9.59 Å². The molecule has 0 spiro atoms. The fraction of sp³-hybridized carbons (Fsp3) is 0.211. The monoisotopic (exact) mass is 334 g/mol. The van der Waals surface area contributed by atoms with E-state index in [1.54, 1.807) is 0 Å². The van der Waals surface area contributed by atoms with Gasteiger partial charge in [-0.2, -0.15) is 5.10 Å². The molecule has 25 heavy (non-hydrogen) atoms. The summed E-state index contributed by atoms with van der Waals surface area (Å²) in [5, 5.41) is 13.7. The van der Waals surface area contributed by atoms with Crippen molar-refractivity contribution in [3.63, 3.8) is 0 Å². The van der Waals surface area contributed by atoms with Crippen LogP contribution in [0.5, 0.6) is 0 Å². The Kier molecular flexibility index (Phi) is 3.72. The second-order valence-corrected chi connectivity index (χ2v) is 6.28. The zero-order valence-corrected chi connectivity index (χ0v) is 13.8. The van der Waals surface area contributed by atoms with Crippen molar-refractivity contribution in [1.82, 2.24) is 15.5 Å². The summed E-state index contributed by atoms with van der Waals surface area (Å²) in [4.78, 5) is 24.0. The maximum atomic E-state index is 12.6. The number of amides is 2. The van der Waals surface area contributed by atoms with Gasteiger partial charge in [0, 0.05) is 17.5 Å². The molecule has 4 rings (SSSR count). The normalized spacial score (nSPS) is 14.7. The molecule has 1 aliphatic rings. The lowest BCUT2D eigenvalue weighted by atomic mass is 9.97. The lowest BCUT2D eigenvalue weighted by Gasteiger charge is -2.20. The Hall–Kier alpha value is -3.15. The third-order valence-corrected chi connectivity index (χ3v) is 4.56. The maximum absolute atomic E-state index is 12.6. The molecule has 0 bridgehead atoms. The lowest BCUT2D eigenvalue weighted by Crippen LogP contribution is -2.27. The Morgan fingerprint density at radius 2 is 2.04 bits per heavy atom. The number of hydrogen-bond acceptors (Lipinski definition) is 3. The van der Waals surface area contributed by atoms with Crippen LogP contribution in [0.3, 0.4) is 0 Å². The molecule has 2 amide bonds. The highest BCUT2D eigenvalue weighted by Crippen LogP contribution is 2.26. The number of hydrogen-bond donors (Lipinski definition) is 3. The summed E-state index contributed by atoms with van der Waals surface area (Å²) in [6.07, 6.45) is 1.22. The van der Waals surface area contributed by atoms with Crippen LogP contribution in [0.2, 0.25) is 0 Å². The van der Waals surface area contributed by atoms with Crippen LogP contribution in [0.4, 0.5) is 5.69 Å². The molecule has 2 aromatic carbocycles. The topological polar surface area (TPSA) is 86.9 Å². The number of aryl methyl sites for hydroxylation is 1. The van der Waals surface area contributed by atoms with Crippen molar-refractivity contribution in [2.24, 2.45) is 0 Å². The quantitative estimate of drug-likeness (QED) is 0.688. The van der Waals surface area contributed by atoms with E-state index in [0.717, 1.165) is 34.1 Å². The van der Waals surface area contributed by atoms with E-state index in [2.05, 4.69) is 20.8 Å². The predicted octanol–water partition coefficient (Wildman–Crippen LogP) is 2.94. The number of H-pyrrole nitrogens is 1. The van der Waals surface area contributed by atoms with Gasteiger partial charge in [-0.05, 0) is 36.6 Å². The van der Waals surface area contributed by atoms with Gasteiger partial charge in [0.15, 0.2) is 5.69 Å². The number of fused-ring (bicyclic) bond motifs is 2.